The second kappa shape index (κ2) is 4.39. The minimum atomic E-state index is -1.15. The average Bonchev–Trinajstić information content (AvgIpc) is 2.92. The summed E-state index contributed by atoms with van der Waals surface area (Å²) in [5, 5.41) is 10.9. The molecule has 0 bridgehead atoms. The molecule has 4 heteroatoms. The lowest BCUT2D eigenvalue weighted by Crippen LogP contribution is -2.23. The van der Waals surface area contributed by atoms with Crippen LogP contribution in [0.4, 0.5) is 0 Å². The molecule has 1 aromatic carbocycles. The summed E-state index contributed by atoms with van der Waals surface area (Å²) in [6.07, 6.45) is 7.27. The number of aromatic carboxylic acids is 1. The quantitative estimate of drug-likeness (QED) is 0.813. The first-order valence-corrected chi connectivity index (χ1v) is 6.17. The third kappa shape index (κ3) is 1.95. The van der Waals surface area contributed by atoms with Gasteiger partial charge in [-0.25, -0.2) is 4.98 Å². The van der Waals surface area contributed by atoms with Gasteiger partial charge in [0.05, 0.1) is 18.3 Å². The van der Waals surface area contributed by atoms with Crippen molar-refractivity contribution in [3.8, 4) is 0 Å². The number of rotatable bonds is 2. The van der Waals surface area contributed by atoms with E-state index in [1.807, 2.05) is 16.8 Å². The normalized spacial score (nSPS) is 18.1. The fourth-order valence-electron chi connectivity index (χ4n) is 2.65. The molecule has 1 atom stereocenters. The molecule has 1 aromatic heterocycles. The molecule has 0 amide bonds. The van der Waals surface area contributed by atoms with Crippen molar-refractivity contribution in [2.75, 3.05) is 0 Å². The molecule has 1 unspecified atom stereocenters. The number of carboxylic acids is 1. The van der Waals surface area contributed by atoms with Crippen LogP contribution in [-0.4, -0.2) is 15.5 Å². The highest BCUT2D eigenvalue weighted by molar-refractivity contribution is 5.88. The van der Waals surface area contributed by atoms with Gasteiger partial charge in [0.15, 0.2) is 0 Å². The smallest absolute Gasteiger partial charge is 0.0951 e. The van der Waals surface area contributed by atoms with Crippen LogP contribution in [0, 0.1) is 0 Å². The van der Waals surface area contributed by atoms with Crippen molar-refractivity contribution in [3.63, 3.8) is 0 Å². The van der Waals surface area contributed by atoms with Crippen molar-refractivity contribution < 1.29 is 9.90 Å². The lowest BCUT2D eigenvalue weighted by Gasteiger charge is -2.28. The standard InChI is InChI=1S/C15H14N2O2/c1-10-13-8-12(15(18)19)3-2-11(13)4-5-14(10)17-7-6-16-9-17/h2-3,6-9,14H,1,4-5H2,(H,18,19)/p-1. The highest BCUT2D eigenvalue weighted by Crippen LogP contribution is 2.37. The Hall–Kier alpha value is -2.36. The van der Waals surface area contributed by atoms with E-state index in [0.717, 1.165) is 29.5 Å². The first-order chi connectivity index (χ1) is 9.16. The second-order valence-corrected chi connectivity index (χ2v) is 4.75. The van der Waals surface area contributed by atoms with E-state index in [-0.39, 0.29) is 11.6 Å². The maximum absolute atomic E-state index is 10.9. The van der Waals surface area contributed by atoms with Crippen LogP contribution in [-0.2, 0) is 6.42 Å². The van der Waals surface area contributed by atoms with Gasteiger partial charge in [-0.2, -0.15) is 0 Å². The summed E-state index contributed by atoms with van der Waals surface area (Å²) < 4.78 is 2.01. The Balaban J connectivity index is 2.02. The zero-order valence-electron chi connectivity index (χ0n) is 10.4. The lowest BCUT2D eigenvalue weighted by molar-refractivity contribution is -0.255. The third-order valence-electron chi connectivity index (χ3n) is 3.67. The molecule has 1 aliphatic carbocycles. The number of allylic oxidation sites excluding steroid dienone is 1. The Labute approximate surface area is 111 Å². The molecule has 0 radical (unpaired) electrons. The monoisotopic (exact) mass is 253 g/mol. The Bertz CT molecular complexity index is 644. The van der Waals surface area contributed by atoms with E-state index in [9.17, 15) is 9.90 Å². The van der Waals surface area contributed by atoms with Crippen molar-refractivity contribution in [2.24, 2.45) is 0 Å². The number of imidazole rings is 1. The molecule has 1 heterocycles. The first kappa shape index (κ1) is 11.7. The molecule has 0 saturated heterocycles. The molecule has 0 aliphatic heterocycles. The number of aromatic nitrogens is 2. The summed E-state index contributed by atoms with van der Waals surface area (Å²) in [7, 11) is 0. The summed E-state index contributed by atoms with van der Waals surface area (Å²) in [4.78, 5) is 15.0. The fraction of sp³-hybridized carbons (Fsp3) is 0.200. The van der Waals surface area contributed by atoms with Gasteiger partial charge in [-0.15, -0.1) is 0 Å². The van der Waals surface area contributed by atoms with Crippen LogP contribution >= 0.6 is 0 Å². The number of carbonyl (C=O) groups excluding carboxylic acids is 1. The summed E-state index contributed by atoms with van der Waals surface area (Å²) in [6, 6.07) is 5.26. The van der Waals surface area contributed by atoms with E-state index >= 15 is 0 Å². The van der Waals surface area contributed by atoms with Crippen molar-refractivity contribution in [3.05, 3.63) is 60.2 Å². The van der Waals surface area contributed by atoms with Gasteiger partial charge in [0.1, 0.15) is 0 Å². The van der Waals surface area contributed by atoms with Crippen molar-refractivity contribution in [1.82, 2.24) is 9.55 Å². The van der Waals surface area contributed by atoms with Crippen LogP contribution in [0.1, 0.15) is 33.9 Å². The van der Waals surface area contributed by atoms with Gasteiger partial charge in [0.25, 0.3) is 0 Å². The second-order valence-electron chi connectivity index (χ2n) is 4.75. The van der Waals surface area contributed by atoms with E-state index in [2.05, 4.69) is 11.6 Å². The Kier molecular flexibility index (Phi) is 2.71. The van der Waals surface area contributed by atoms with Crippen LogP contribution < -0.4 is 5.11 Å². The maximum Gasteiger partial charge on any atom is 0.0951 e. The van der Waals surface area contributed by atoms with Gasteiger partial charge in [-0.1, -0.05) is 18.7 Å². The zero-order chi connectivity index (χ0) is 13.4. The van der Waals surface area contributed by atoms with Crippen molar-refractivity contribution in [1.29, 1.82) is 0 Å². The van der Waals surface area contributed by atoms with E-state index in [1.54, 1.807) is 24.7 Å². The Morgan fingerprint density at radius 3 is 3.00 bits per heavy atom. The van der Waals surface area contributed by atoms with Crippen LogP contribution in [0.5, 0.6) is 0 Å². The van der Waals surface area contributed by atoms with E-state index in [1.165, 1.54) is 0 Å². The summed E-state index contributed by atoms with van der Waals surface area (Å²) in [5.41, 5.74) is 3.20. The van der Waals surface area contributed by atoms with E-state index in [4.69, 9.17) is 0 Å². The van der Waals surface area contributed by atoms with Gasteiger partial charge in [-0.05, 0) is 41.2 Å². The Morgan fingerprint density at radius 1 is 1.47 bits per heavy atom. The Morgan fingerprint density at radius 2 is 2.32 bits per heavy atom. The summed E-state index contributed by atoms with van der Waals surface area (Å²) >= 11 is 0. The van der Waals surface area contributed by atoms with Crippen LogP contribution in [0.25, 0.3) is 5.57 Å². The van der Waals surface area contributed by atoms with Crippen LogP contribution in [0.2, 0.25) is 0 Å². The predicted molar refractivity (Wildman–Crippen MR) is 69.4 cm³/mol. The minimum Gasteiger partial charge on any atom is -0.545 e. The number of hydrogen-bond acceptors (Lipinski definition) is 3. The van der Waals surface area contributed by atoms with Gasteiger partial charge in [-0.3, -0.25) is 0 Å². The van der Waals surface area contributed by atoms with Crippen molar-refractivity contribution in [2.45, 2.75) is 18.9 Å². The highest BCUT2D eigenvalue weighted by Gasteiger charge is 2.23. The number of fused-ring (bicyclic) bond motifs is 1. The van der Waals surface area contributed by atoms with E-state index in [0.29, 0.717) is 0 Å². The molecule has 2 aromatic rings. The molecule has 0 N–H and O–H groups in total. The number of hydrogen-bond donors (Lipinski definition) is 0. The zero-order valence-corrected chi connectivity index (χ0v) is 10.4. The predicted octanol–water partition coefficient (Wildman–Crippen LogP) is 1.45. The SMILES string of the molecule is C=C1c2cc(C(=O)[O-])ccc2CCC1n1ccnc1. The number of nitrogens with zero attached hydrogens (tertiary/aromatic N) is 2. The van der Waals surface area contributed by atoms with Crippen molar-refractivity contribution >= 4 is 11.5 Å². The summed E-state index contributed by atoms with van der Waals surface area (Å²) in [5.74, 6) is -1.15. The maximum atomic E-state index is 10.9. The van der Waals surface area contributed by atoms with Gasteiger partial charge in [0, 0.05) is 12.4 Å². The largest absolute Gasteiger partial charge is 0.545 e. The van der Waals surface area contributed by atoms with E-state index < -0.39 is 5.97 Å². The lowest BCUT2D eigenvalue weighted by atomic mass is 9.83. The van der Waals surface area contributed by atoms with Gasteiger partial charge >= 0.3 is 0 Å². The summed E-state index contributed by atoms with van der Waals surface area (Å²) in [6.45, 7) is 4.13. The molecule has 1 aliphatic rings. The first-order valence-electron chi connectivity index (χ1n) is 6.17. The van der Waals surface area contributed by atoms with Crippen LogP contribution in [0.3, 0.4) is 0 Å². The molecule has 0 fully saturated rings. The molecular formula is C15H13N2O2-. The van der Waals surface area contributed by atoms with Gasteiger partial charge in [0.2, 0.25) is 0 Å². The molecule has 0 spiro atoms. The fourth-order valence-corrected chi connectivity index (χ4v) is 2.65. The molecular weight excluding hydrogens is 240 g/mol. The molecule has 96 valence electrons. The van der Waals surface area contributed by atoms with Crippen LogP contribution in [0.15, 0.2) is 43.5 Å². The minimum absolute atomic E-state index is 0.145. The highest BCUT2D eigenvalue weighted by atomic mass is 16.4. The number of aryl methyl sites for hydroxylation is 1. The third-order valence-corrected chi connectivity index (χ3v) is 3.67. The molecule has 4 nitrogen and oxygen atoms in total. The molecule has 19 heavy (non-hydrogen) atoms. The molecule has 0 saturated carbocycles. The average molecular weight is 253 g/mol. The number of carbonyl (C=O) groups is 1. The number of benzene rings is 1. The van der Waals surface area contributed by atoms with Gasteiger partial charge < -0.3 is 14.5 Å². The topological polar surface area (TPSA) is 57.9 Å². The molecule has 3 rings (SSSR count). The number of carboxylic acid groups (broad SMARTS) is 1.